The fourth-order valence-corrected chi connectivity index (χ4v) is 5.10. The van der Waals surface area contributed by atoms with E-state index in [4.69, 9.17) is 0 Å². The third-order valence-electron chi connectivity index (χ3n) is 5.97. The van der Waals surface area contributed by atoms with Gasteiger partial charge < -0.3 is 5.32 Å². The highest BCUT2D eigenvalue weighted by Crippen LogP contribution is 2.54. The normalized spacial score (nSPS) is 35.0. The molecule has 4 rings (SSSR count). The number of nitrogens with one attached hydrogen (secondary N) is 1. The van der Waals surface area contributed by atoms with Gasteiger partial charge in [0.15, 0.2) is 0 Å². The lowest BCUT2D eigenvalue weighted by atomic mass is 9.52. The average Bonchev–Trinajstić information content (AvgIpc) is 2.46. The van der Waals surface area contributed by atoms with E-state index < -0.39 is 11.7 Å². The highest BCUT2D eigenvalue weighted by atomic mass is 19.4. The Balaban J connectivity index is 1.87. The van der Waals surface area contributed by atoms with Crippen LogP contribution in [0.25, 0.3) is 0 Å². The zero-order chi connectivity index (χ0) is 14.7. The number of benzene rings is 1. The van der Waals surface area contributed by atoms with Crippen LogP contribution in [0.2, 0.25) is 0 Å². The molecule has 1 saturated heterocycles. The van der Waals surface area contributed by atoms with Crippen LogP contribution in [-0.4, -0.2) is 12.6 Å². The smallest absolute Gasteiger partial charge is 0.313 e. The van der Waals surface area contributed by atoms with Crippen molar-refractivity contribution in [2.24, 2.45) is 5.92 Å². The Morgan fingerprint density at radius 3 is 2.81 bits per heavy atom. The van der Waals surface area contributed by atoms with E-state index in [-0.39, 0.29) is 5.41 Å². The Kier molecular flexibility index (Phi) is 2.91. The number of fused-ring (bicyclic) bond motifs is 1. The van der Waals surface area contributed by atoms with Gasteiger partial charge in [-0.25, -0.2) is 0 Å². The third-order valence-corrected chi connectivity index (χ3v) is 5.97. The summed E-state index contributed by atoms with van der Waals surface area (Å²) < 4.78 is 39.3. The second-order valence-electron chi connectivity index (χ2n) is 6.89. The fraction of sp³-hybridized carbons (Fsp3) is 0.647. The van der Waals surface area contributed by atoms with Crippen molar-refractivity contribution in [1.29, 1.82) is 0 Å². The summed E-state index contributed by atoms with van der Waals surface area (Å²) in [6.07, 6.45) is 2.23. The molecule has 0 amide bonds. The van der Waals surface area contributed by atoms with Crippen LogP contribution >= 0.6 is 0 Å². The molecule has 1 aliphatic heterocycles. The molecule has 3 atom stereocenters. The van der Waals surface area contributed by atoms with Crippen molar-refractivity contribution in [3.05, 3.63) is 34.9 Å². The summed E-state index contributed by atoms with van der Waals surface area (Å²) in [4.78, 5) is 0. The van der Waals surface area contributed by atoms with E-state index in [9.17, 15) is 13.2 Å². The van der Waals surface area contributed by atoms with Crippen molar-refractivity contribution in [3.8, 4) is 0 Å². The minimum atomic E-state index is -4.24. The van der Waals surface area contributed by atoms with Gasteiger partial charge in [0.05, 0.1) is 5.56 Å². The van der Waals surface area contributed by atoms with Crippen molar-refractivity contribution in [2.45, 2.75) is 56.2 Å². The van der Waals surface area contributed by atoms with E-state index >= 15 is 0 Å². The van der Waals surface area contributed by atoms with Gasteiger partial charge in [-0.2, -0.15) is 13.2 Å². The number of halogens is 3. The minimum absolute atomic E-state index is 0.00299. The molecule has 21 heavy (non-hydrogen) atoms. The summed E-state index contributed by atoms with van der Waals surface area (Å²) in [5.74, 6) is 0.524. The van der Waals surface area contributed by atoms with Crippen LogP contribution in [0, 0.1) is 5.92 Å². The standard InChI is InChI=1S/C17H20F3N/c18-17(19,20)12-5-4-11-9-15-13-3-1-2-6-16(13,7-8-21-15)14(11)10-12/h4-5,10,13,15,21H,1-3,6-9H2/t13-,15+,16+/m0/s1. The van der Waals surface area contributed by atoms with Crippen LogP contribution in [0.1, 0.15) is 48.8 Å². The van der Waals surface area contributed by atoms with Gasteiger partial charge in [0.2, 0.25) is 0 Å². The summed E-state index contributed by atoms with van der Waals surface area (Å²) in [6, 6.07) is 4.91. The largest absolute Gasteiger partial charge is 0.416 e. The van der Waals surface area contributed by atoms with Gasteiger partial charge in [0, 0.05) is 11.5 Å². The summed E-state index contributed by atoms with van der Waals surface area (Å²) in [5.41, 5.74) is 1.68. The molecule has 1 nitrogen and oxygen atoms in total. The first-order valence-corrected chi connectivity index (χ1v) is 7.95. The van der Waals surface area contributed by atoms with Crippen molar-refractivity contribution in [3.63, 3.8) is 0 Å². The van der Waals surface area contributed by atoms with E-state index in [2.05, 4.69) is 5.32 Å². The Hall–Kier alpha value is -1.03. The van der Waals surface area contributed by atoms with Gasteiger partial charge >= 0.3 is 6.18 Å². The summed E-state index contributed by atoms with van der Waals surface area (Å²) in [6.45, 7) is 0.941. The van der Waals surface area contributed by atoms with Gasteiger partial charge in [-0.1, -0.05) is 18.9 Å². The molecule has 2 fully saturated rings. The predicted octanol–water partition coefficient (Wildman–Crippen LogP) is 4.05. The van der Waals surface area contributed by atoms with Crippen molar-refractivity contribution in [1.82, 2.24) is 5.32 Å². The molecule has 0 spiro atoms. The second-order valence-corrected chi connectivity index (χ2v) is 6.89. The fourth-order valence-electron chi connectivity index (χ4n) is 5.10. The Bertz CT molecular complexity index is 562. The molecule has 1 aromatic rings. The van der Waals surface area contributed by atoms with Crippen LogP contribution < -0.4 is 5.32 Å². The zero-order valence-corrected chi connectivity index (χ0v) is 12.0. The maximum absolute atomic E-state index is 13.1. The van der Waals surface area contributed by atoms with Crippen LogP contribution in [0.15, 0.2) is 18.2 Å². The summed E-state index contributed by atoms with van der Waals surface area (Å²) in [5, 5.41) is 3.61. The molecule has 2 bridgehead atoms. The topological polar surface area (TPSA) is 12.0 Å². The van der Waals surface area contributed by atoms with Gasteiger partial charge in [-0.05, 0) is 61.4 Å². The molecule has 3 aliphatic rings. The summed E-state index contributed by atoms with van der Waals surface area (Å²) in [7, 11) is 0. The van der Waals surface area contributed by atoms with Gasteiger partial charge in [-0.15, -0.1) is 0 Å². The first-order chi connectivity index (χ1) is 10.0. The molecule has 114 valence electrons. The number of piperidine rings is 1. The molecule has 1 heterocycles. The number of rotatable bonds is 0. The molecular formula is C17H20F3N. The monoisotopic (exact) mass is 295 g/mol. The van der Waals surface area contributed by atoms with E-state index in [1.165, 1.54) is 18.6 Å². The van der Waals surface area contributed by atoms with Gasteiger partial charge in [0.25, 0.3) is 0 Å². The number of hydrogen-bond donors (Lipinski definition) is 1. The molecule has 1 saturated carbocycles. The van der Waals surface area contributed by atoms with Crippen LogP contribution in [0.4, 0.5) is 13.2 Å². The van der Waals surface area contributed by atoms with Crippen LogP contribution in [0.5, 0.6) is 0 Å². The first kappa shape index (κ1) is 13.6. The third kappa shape index (κ3) is 1.95. The molecule has 0 aromatic heterocycles. The lowest BCUT2D eigenvalue weighted by Crippen LogP contribution is -2.59. The molecule has 0 radical (unpaired) electrons. The SMILES string of the molecule is FC(F)(F)c1ccc2c(c1)[C@@]13CCCC[C@H]1[C@@H](C2)NCC3. The van der Waals surface area contributed by atoms with E-state index in [1.54, 1.807) is 6.07 Å². The predicted molar refractivity (Wildman–Crippen MR) is 75.2 cm³/mol. The van der Waals surface area contributed by atoms with Gasteiger partial charge in [0.1, 0.15) is 0 Å². The first-order valence-electron chi connectivity index (χ1n) is 7.95. The Labute approximate surface area is 122 Å². The molecule has 4 heteroatoms. The summed E-state index contributed by atoms with van der Waals surface area (Å²) >= 11 is 0. The molecular weight excluding hydrogens is 275 g/mol. The lowest BCUT2D eigenvalue weighted by molar-refractivity contribution is -0.137. The van der Waals surface area contributed by atoms with Crippen LogP contribution in [0.3, 0.4) is 0 Å². The maximum atomic E-state index is 13.1. The molecule has 0 unspecified atom stereocenters. The van der Waals surface area contributed by atoms with E-state index in [0.29, 0.717) is 12.0 Å². The Morgan fingerprint density at radius 2 is 2.00 bits per heavy atom. The highest BCUT2D eigenvalue weighted by molar-refractivity contribution is 5.44. The van der Waals surface area contributed by atoms with Crippen molar-refractivity contribution < 1.29 is 13.2 Å². The number of hydrogen-bond acceptors (Lipinski definition) is 1. The highest BCUT2D eigenvalue weighted by Gasteiger charge is 2.51. The minimum Gasteiger partial charge on any atom is -0.313 e. The zero-order valence-electron chi connectivity index (χ0n) is 12.0. The average molecular weight is 295 g/mol. The van der Waals surface area contributed by atoms with E-state index in [0.717, 1.165) is 49.8 Å². The Morgan fingerprint density at radius 1 is 1.14 bits per heavy atom. The molecule has 2 aliphatic carbocycles. The molecule has 1 aromatic carbocycles. The van der Waals surface area contributed by atoms with Crippen LogP contribution in [-0.2, 0) is 18.0 Å². The second kappa shape index (κ2) is 4.48. The number of alkyl halides is 3. The maximum Gasteiger partial charge on any atom is 0.416 e. The van der Waals surface area contributed by atoms with Gasteiger partial charge in [-0.3, -0.25) is 0 Å². The lowest BCUT2D eigenvalue weighted by Gasteiger charge is -2.56. The van der Waals surface area contributed by atoms with Crippen molar-refractivity contribution >= 4 is 0 Å². The van der Waals surface area contributed by atoms with E-state index in [1.807, 2.05) is 0 Å². The molecule has 1 N–H and O–H groups in total. The quantitative estimate of drug-likeness (QED) is 0.761. The van der Waals surface area contributed by atoms with Crippen molar-refractivity contribution in [2.75, 3.05) is 6.54 Å².